The van der Waals surface area contributed by atoms with Crippen LogP contribution in [0.3, 0.4) is 0 Å². The maximum absolute atomic E-state index is 12.4. The molecule has 0 aromatic carbocycles. The summed E-state index contributed by atoms with van der Waals surface area (Å²) in [6.45, 7) is 2.42. The van der Waals surface area contributed by atoms with Crippen molar-refractivity contribution >= 4 is 34.8 Å². The number of nitrogens with one attached hydrogen (secondary N) is 1. The van der Waals surface area contributed by atoms with Gasteiger partial charge in [0.15, 0.2) is 0 Å². The van der Waals surface area contributed by atoms with Gasteiger partial charge in [0.25, 0.3) is 11.8 Å². The van der Waals surface area contributed by atoms with Gasteiger partial charge in [0, 0.05) is 38.6 Å². The van der Waals surface area contributed by atoms with Gasteiger partial charge in [-0.15, -0.1) is 11.3 Å². The van der Waals surface area contributed by atoms with Crippen molar-refractivity contribution in [2.75, 3.05) is 26.2 Å². The van der Waals surface area contributed by atoms with E-state index in [2.05, 4.69) is 4.98 Å². The van der Waals surface area contributed by atoms with Gasteiger partial charge in [-0.25, -0.2) is 0 Å². The number of hydrogen-bond donors (Lipinski definition) is 1. The van der Waals surface area contributed by atoms with E-state index in [-0.39, 0.29) is 11.8 Å². The third-order valence-electron chi connectivity index (χ3n) is 3.70. The summed E-state index contributed by atoms with van der Waals surface area (Å²) in [5.41, 5.74) is 0.657. The topological polar surface area (TPSA) is 56.4 Å². The van der Waals surface area contributed by atoms with Gasteiger partial charge in [-0.05, 0) is 24.6 Å². The van der Waals surface area contributed by atoms with Crippen LogP contribution in [0, 0.1) is 0 Å². The number of aromatic amines is 1. The van der Waals surface area contributed by atoms with Gasteiger partial charge in [-0.2, -0.15) is 0 Å². The predicted octanol–water partition coefficient (Wildman–Crippen LogP) is 2.72. The van der Waals surface area contributed by atoms with Crippen LogP contribution in [0.4, 0.5) is 0 Å². The largest absolute Gasteiger partial charge is 0.367 e. The molecule has 3 rings (SSSR count). The van der Waals surface area contributed by atoms with Crippen LogP contribution >= 0.6 is 22.9 Å². The van der Waals surface area contributed by atoms with Crippen molar-refractivity contribution in [1.29, 1.82) is 0 Å². The minimum absolute atomic E-state index is 0.00663. The number of hydrogen-bond acceptors (Lipinski definition) is 3. The molecule has 2 aromatic rings. The quantitative estimate of drug-likeness (QED) is 0.916. The van der Waals surface area contributed by atoms with Crippen molar-refractivity contribution in [2.45, 2.75) is 6.42 Å². The number of H-pyrrole nitrogens is 1. The highest BCUT2D eigenvalue weighted by molar-refractivity contribution is 7.17. The van der Waals surface area contributed by atoms with Gasteiger partial charge in [-0.1, -0.05) is 11.6 Å². The van der Waals surface area contributed by atoms with Crippen molar-refractivity contribution < 1.29 is 9.59 Å². The number of thiophene rings is 1. The number of nitrogens with zero attached hydrogens (tertiary/aromatic N) is 2. The van der Waals surface area contributed by atoms with Crippen LogP contribution in [0.25, 0.3) is 0 Å². The molecule has 2 amide bonds. The van der Waals surface area contributed by atoms with E-state index < -0.39 is 0 Å². The molecule has 0 atom stereocenters. The minimum atomic E-state index is -0.00663. The first kappa shape index (κ1) is 15.1. The van der Waals surface area contributed by atoms with Gasteiger partial charge in [0.1, 0.15) is 0 Å². The average Bonchev–Trinajstić information content (AvgIpc) is 3.13. The van der Waals surface area contributed by atoms with Crippen LogP contribution < -0.4 is 0 Å². The molecule has 5 nitrogen and oxygen atoms in total. The first-order valence-electron chi connectivity index (χ1n) is 7.12. The number of halogens is 1. The van der Waals surface area contributed by atoms with E-state index in [9.17, 15) is 9.59 Å². The lowest BCUT2D eigenvalue weighted by molar-refractivity contribution is 0.0721. The summed E-state index contributed by atoms with van der Waals surface area (Å²) < 4.78 is 0.613. The van der Waals surface area contributed by atoms with Crippen LogP contribution in [0.2, 0.25) is 4.34 Å². The maximum Gasteiger partial charge on any atom is 0.264 e. The second kappa shape index (κ2) is 6.54. The molecule has 0 unspecified atom stereocenters. The Balaban J connectivity index is 1.65. The Hall–Kier alpha value is -1.79. The zero-order valence-electron chi connectivity index (χ0n) is 11.9. The number of carbonyl (C=O) groups is 2. The molecule has 3 heterocycles. The second-order valence-electron chi connectivity index (χ2n) is 5.14. The second-order valence-corrected chi connectivity index (χ2v) is 6.86. The van der Waals surface area contributed by atoms with Crippen LogP contribution in [0.15, 0.2) is 30.6 Å². The Kier molecular flexibility index (Phi) is 4.49. The summed E-state index contributed by atoms with van der Waals surface area (Å²) in [6, 6.07) is 5.26. The van der Waals surface area contributed by atoms with Crippen molar-refractivity contribution in [2.24, 2.45) is 0 Å². The lowest BCUT2D eigenvalue weighted by atomic mass is 10.3. The van der Waals surface area contributed by atoms with Gasteiger partial charge in [0.2, 0.25) is 0 Å². The molecule has 7 heteroatoms. The summed E-state index contributed by atoms with van der Waals surface area (Å²) in [6.07, 6.45) is 4.21. The molecule has 1 fully saturated rings. The molecule has 2 aromatic heterocycles. The monoisotopic (exact) mass is 337 g/mol. The van der Waals surface area contributed by atoms with E-state index >= 15 is 0 Å². The van der Waals surface area contributed by atoms with E-state index in [0.717, 1.165) is 6.42 Å². The normalized spacial score (nSPS) is 15.7. The molecule has 1 aliphatic rings. The molecular formula is C15H16ClN3O2S. The van der Waals surface area contributed by atoms with Crippen molar-refractivity contribution in [3.8, 4) is 0 Å². The highest BCUT2D eigenvalue weighted by Crippen LogP contribution is 2.23. The molecule has 1 saturated heterocycles. The third kappa shape index (κ3) is 3.18. The summed E-state index contributed by atoms with van der Waals surface area (Å²) in [4.78, 5) is 31.9. The van der Waals surface area contributed by atoms with Crippen LogP contribution in [-0.2, 0) is 0 Å². The fourth-order valence-corrected chi connectivity index (χ4v) is 3.56. The van der Waals surface area contributed by atoms with E-state index in [4.69, 9.17) is 11.6 Å². The molecule has 0 saturated carbocycles. The van der Waals surface area contributed by atoms with E-state index in [1.165, 1.54) is 11.3 Å². The average molecular weight is 338 g/mol. The standard InChI is InChI=1S/C15H16ClN3O2S/c16-13-3-2-12(22-13)15(21)19-7-1-6-18(8-9-19)14(20)11-4-5-17-10-11/h2-5,10,17H,1,6-9H2. The molecule has 22 heavy (non-hydrogen) atoms. The smallest absolute Gasteiger partial charge is 0.264 e. The fourth-order valence-electron chi connectivity index (χ4n) is 2.55. The fraction of sp³-hybridized carbons (Fsp3) is 0.333. The number of carbonyl (C=O) groups excluding carboxylic acids is 2. The Bertz CT molecular complexity index is 668. The van der Waals surface area contributed by atoms with E-state index in [0.29, 0.717) is 41.0 Å². The molecule has 0 spiro atoms. The molecule has 1 aliphatic heterocycles. The van der Waals surface area contributed by atoms with E-state index in [1.54, 1.807) is 40.4 Å². The summed E-state index contributed by atoms with van der Waals surface area (Å²) >= 11 is 7.18. The first-order chi connectivity index (χ1) is 10.6. The van der Waals surface area contributed by atoms with Crippen LogP contribution in [-0.4, -0.2) is 52.8 Å². The summed E-state index contributed by atoms with van der Waals surface area (Å²) in [5, 5.41) is 0. The Morgan fingerprint density at radius 2 is 1.77 bits per heavy atom. The zero-order chi connectivity index (χ0) is 15.5. The molecular weight excluding hydrogens is 322 g/mol. The molecule has 0 aliphatic carbocycles. The molecule has 0 radical (unpaired) electrons. The highest BCUT2D eigenvalue weighted by Gasteiger charge is 2.24. The highest BCUT2D eigenvalue weighted by atomic mass is 35.5. The minimum Gasteiger partial charge on any atom is -0.367 e. The molecule has 116 valence electrons. The van der Waals surface area contributed by atoms with Crippen molar-refractivity contribution in [3.05, 3.63) is 45.4 Å². The van der Waals surface area contributed by atoms with Crippen LogP contribution in [0.1, 0.15) is 26.5 Å². The van der Waals surface area contributed by atoms with Gasteiger partial charge < -0.3 is 14.8 Å². The Labute approximate surface area is 137 Å². The maximum atomic E-state index is 12.4. The number of amides is 2. The lowest BCUT2D eigenvalue weighted by Crippen LogP contribution is -2.37. The summed E-state index contributed by atoms with van der Waals surface area (Å²) in [7, 11) is 0. The van der Waals surface area contributed by atoms with Gasteiger partial charge in [0.05, 0.1) is 14.8 Å². The molecule has 0 bridgehead atoms. The van der Waals surface area contributed by atoms with Gasteiger partial charge in [-0.3, -0.25) is 9.59 Å². The van der Waals surface area contributed by atoms with E-state index in [1.807, 2.05) is 0 Å². The van der Waals surface area contributed by atoms with Gasteiger partial charge >= 0.3 is 0 Å². The molecule has 1 N–H and O–H groups in total. The SMILES string of the molecule is O=C(c1cc[nH]c1)N1CCCN(C(=O)c2ccc(Cl)s2)CC1. The number of rotatable bonds is 2. The predicted molar refractivity (Wildman–Crippen MR) is 86.5 cm³/mol. The third-order valence-corrected chi connectivity index (χ3v) is 4.92. The van der Waals surface area contributed by atoms with Crippen molar-refractivity contribution in [1.82, 2.24) is 14.8 Å². The lowest BCUT2D eigenvalue weighted by Gasteiger charge is -2.21. The first-order valence-corrected chi connectivity index (χ1v) is 8.31. The Morgan fingerprint density at radius 1 is 1.05 bits per heavy atom. The Morgan fingerprint density at radius 3 is 2.36 bits per heavy atom. The zero-order valence-corrected chi connectivity index (χ0v) is 13.5. The summed E-state index contributed by atoms with van der Waals surface area (Å²) in [5.74, 6) is 0.00237. The number of aromatic nitrogens is 1. The van der Waals surface area contributed by atoms with Crippen LogP contribution in [0.5, 0.6) is 0 Å². The van der Waals surface area contributed by atoms with Crippen molar-refractivity contribution in [3.63, 3.8) is 0 Å².